The van der Waals surface area contributed by atoms with Gasteiger partial charge in [0.1, 0.15) is 11.5 Å². The molecule has 0 spiro atoms. The van der Waals surface area contributed by atoms with Crippen LogP contribution in [-0.2, 0) is 17.9 Å². The molecule has 9 nitrogen and oxygen atoms in total. The van der Waals surface area contributed by atoms with Gasteiger partial charge in [-0.25, -0.2) is 0 Å². The molecule has 2 N–H and O–H groups in total. The van der Waals surface area contributed by atoms with Crippen molar-refractivity contribution in [2.75, 3.05) is 5.32 Å². The number of aromatic nitrogens is 2. The van der Waals surface area contributed by atoms with E-state index in [1.807, 2.05) is 0 Å². The highest BCUT2D eigenvalue weighted by atomic mass is 16.5. The molecule has 2 heterocycles. The molecule has 0 radical (unpaired) electrons. The number of nitrogens with one attached hydrogen (secondary N) is 2. The van der Waals surface area contributed by atoms with Gasteiger partial charge in [0.15, 0.2) is 6.61 Å². The van der Waals surface area contributed by atoms with Crippen LogP contribution in [0, 0.1) is 0 Å². The van der Waals surface area contributed by atoms with Gasteiger partial charge in [-0.05, 0) is 36.4 Å². The van der Waals surface area contributed by atoms with E-state index in [2.05, 4.69) is 20.8 Å². The standard InChI is InChI=1S/C17H16N4O5/c1-11(22)19-12-4-6-13(7-5-12)25-10-15-20-17(26-21-15)16(23)18-9-14-3-2-8-24-14/h2-8H,9-10H2,1H3,(H,18,23)(H,19,22). The first-order chi connectivity index (χ1) is 12.6. The first-order valence-electron chi connectivity index (χ1n) is 7.74. The van der Waals surface area contributed by atoms with Gasteiger partial charge in [0.2, 0.25) is 11.7 Å². The van der Waals surface area contributed by atoms with Crippen LogP contribution >= 0.6 is 0 Å². The number of nitrogens with zero attached hydrogens (tertiary/aromatic N) is 2. The summed E-state index contributed by atoms with van der Waals surface area (Å²) in [6.45, 7) is 1.69. The number of rotatable bonds is 7. The molecule has 0 aliphatic heterocycles. The molecule has 2 amide bonds. The number of anilines is 1. The fraction of sp³-hybridized carbons (Fsp3) is 0.176. The Morgan fingerprint density at radius 3 is 2.69 bits per heavy atom. The second-order valence-electron chi connectivity index (χ2n) is 5.27. The third kappa shape index (κ3) is 4.69. The van der Waals surface area contributed by atoms with Gasteiger partial charge in [-0.3, -0.25) is 9.59 Å². The lowest BCUT2D eigenvalue weighted by Crippen LogP contribution is -2.22. The van der Waals surface area contributed by atoms with E-state index in [4.69, 9.17) is 13.7 Å². The van der Waals surface area contributed by atoms with E-state index in [1.54, 1.807) is 36.4 Å². The van der Waals surface area contributed by atoms with Crippen LogP contribution in [0.25, 0.3) is 0 Å². The Morgan fingerprint density at radius 2 is 2.00 bits per heavy atom. The third-order valence-corrected chi connectivity index (χ3v) is 3.21. The molecule has 134 valence electrons. The number of carbonyl (C=O) groups excluding carboxylic acids is 2. The zero-order valence-corrected chi connectivity index (χ0v) is 13.9. The van der Waals surface area contributed by atoms with Gasteiger partial charge in [0, 0.05) is 12.6 Å². The molecule has 3 aromatic rings. The summed E-state index contributed by atoms with van der Waals surface area (Å²) in [5, 5.41) is 8.97. The topological polar surface area (TPSA) is 119 Å². The van der Waals surface area contributed by atoms with Gasteiger partial charge in [-0.15, -0.1) is 0 Å². The number of furan rings is 1. The first kappa shape index (κ1) is 17.2. The summed E-state index contributed by atoms with van der Waals surface area (Å²) in [6.07, 6.45) is 1.52. The number of amides is 2. The summed E-state index contributed by atoms with van der Waals surface area (Å²) in [5.41, 5.74) is 0.667. The van der Waals surface area contributed by atoms with Crippen LogP contribution in [0.15, 0.2) is 51.6 Å². The van der Waals surface area contributed by atoms with Crippen LogP contribution in [0.3, 0.4) is 0 Å². The highest BCUT2D eigenvalue weighted by Gasteiger charge is 2.15. The summed E-state index contributed by atoms with van der Waals surface area (Å²) in [6, 6.07) is 10.3. The van der Waals surface area contributed by atoms with Crippen molar-refractivity contribution < 1.29 is 23.3 Å². The van der Waals surface area contributed by atoms with E-state index < -0.39 is 5.91 Å². The van der Waals surface area contributed by atoms with Gasteiger partial charge in [-0.1, -0.05) is 5.16 Å². The molecule has 0 fully saturated rings. The second-order valence-corrected chi connectivity index (χ2v) is 5.27. The molecule has 26 heavy (non-hydrogen) atoms. The van der Waals surface area contributed by atoms with Crippen molar-refractivity contribution in [1.82, 2.24) is 15.5 Å². The Labute approximate surface area is 148 Å². The van der Waals surface area contributed by atoms with E-state index in [1.165, 1.54) is 13.2 Å². The highest BCUT2D eigenvalue weighted by molar-refractivity contribution is 5.89. The van der Waals surface area contributed by atoms with Crippen molar-refractivity contribution in [3.8, 4) is 5.75 Å². The van der Waals surface area contributed by atoms with Crippen molar-refractivity contribution in [3.05, 3.63) is 60.1 Å². The Morgan fingerprint density at radius 1 is 1.19 bits per heavy atom. The smallest absolute Gasteiger partial charge is 0.316 e. The van der Waals surface area contributed by atoms with Crippen molar-refractivity contribution >= 4 is 17.5 Å². The number of hydrogen-bond donors (Lipinski definition) is 2. The first-order valence-corrected chi connectivity index (χ1v) is 7.74. The molecule has 0 saturated heterocycles. The Bertz CT molecular complexity index is 871. The maximum Gasteiger partial charge on any atom is 0.316 e. The predicted octanol–water partition coefficient (Wildman–Crippen LogP) is 2.13. The molecular formula is C17H16N4O5. The van der Waals surface area contributed by atoms with Gasteiger partial charge in [0.25, 0.3) is 0 Å². The molecule has 0 aliphatic rings. The summed E-state index contributed by atoms with van der Waals surface area (Å²) in [4.78, 5) is 26.9. The van der Waals surface area contributed by atoms with Crippen molar-refractivity contribution in [2.45, 2.75) is 20.1 Å². The zero-order valence-electron chi connectivity index (χ0n) is 13.9. The monoisotopic (exact) mass is 356 g/mol. The summed E-state index contributed by atoms with van der Waals surface area (Å²) < 4.78 is 15.6. The minimum atomic E-state index is -0.500. The average Bonchev–Trinajstić information content (AvgIpc) is 3.30. The fourth-order valence-corrected chi connectivity index (χ4v) is 2.05. The van der Waals surface area contributed by atoms with Gasteiger partial charge in [0.05, 0.1) is 12.8 Å². The van der Waals surface area contributed by atoms with Gasteiger partial charge in [-0.2, -0.15) is 4.98 Å². The second kappa shape index (κ2) is 7.97. The minimum Gasteiger partial charge on any atom is -0.485 e. The third-order valence-electron chi connectivity index (χ3n) is 3.21. The van der Waals surface area contributed by atoms with Crippen LogP contribution in [0.2, 0.25) is 0 Å². The van der Waals surface area contributed by atoms with Gasteiger partial charge < -0.3 is 24.3 Å². The van der Waals surface area contributed by atoms with Crippen molar-refractivity contribution in [3.63, 3.8) is 0 Å². The number of carbonyl (C=O) groups is 2. The molecular weight excluding hydrogens is 340 g/mol. The summed E-state index contributed by atoms with van der Waals surface area (Å²) >= 11 is 0. The maximum absolute atomic E-state index is 11.9. The molecule has 0 aliphatic carbocycles. The van der Waals surface area contributed by atoms with E-state index in [9.17, 15) is 9.59 Å². The fourth-order valence-electron chi connectivity index (χ4n) is 2.05. The molecule has 0 atom stereocenters. The zero-order chi connectivity index (χ0) is 18.4. The number of ether oxygens (including phenoxy) is 1. The Balaban J connectivity index is 1.50. The SMILES string of the molecule is CC(=O)Nc1ccc(OCc2noc(C(=O)NCc3ccco3)n2)cc1. The molecule has 3 rings (SSSR count). The van der Waals surface area contributed by atoms with Crippen LogP contribution < -0.4 is 15.4 Å². The Kier molecular flexibility index (Phi) is 5.28. The largest absolute Gasteiger partial charge is 0.485 e. The average molecular weight is 356 g/mol. The lowest BCUT2D eigenvalue weighted by Gasteiger charge is -2.05. The van der Waals surface area contributed by atoms with Crippen LogP contribution in [-0.4, -0.2) is 22.0 Å². The minimum absolute atomic E-state index is 0.0362. The van der Waals surface area contributed by atoms with E-state index >= 15 is 0 Å². The summed E-state index contributed by atoms with van der Waals surface area (Å²) in [7, 11) is 0. The lowest BCUT2D eigenvalue weighted by molar-refractivity contribution is -0.114. The lowest BCUT2D eigenvalue weighted by atomic mass is 10.3. The Hall–Kier alpha value is -3.62. The molecule has 1 aromatic carbocycles. The molecule has 0 unspecified atom stereocenters. The highest BCUT2D eigenvalue weighted by Crippen LogP contribution is 2.16. The van der Waals surface area contributed by atoms with Crippen LogP contribution in [0.1, 0.15) is 29.2 Å². The van der Waals surface area contributed by atoms with E-state index in [0.717, 1.165) is 0 Å². The normalized spacial score (nSPS) is 10.3. The predicted molar refractivity (Wildman–Crippen MR) is 89.3 cm³/mol. The molecule has 0 bridgehead atoms. The maximum atomic E-state index is 11.9. The van der Waals surface area contributed by atoms with Crippen molar-refractivity contribution in [1.29, 1.82) is 0 Å². The molecule has 2 aromatic heterocycles. The quantitative estimate of drug-likeness (QED) is 0.665. The van der Waals surface area contributed by atoms with E-state index in [0.29, 0.717) is 17.2 Å². The van der Waals surface area contributed by atoms with E-state index in [-0.39, 0.29) is 30.8 Å². The molecule has 9 heteroatoms. The summed E-state index contributed by atoms with van der Waals surface area (Å²) in [5.74, 6) is 0.607. The number of benzene rings is 1. The van der Waals surface area contributed by atoms with Crippen LogP contribution in [0.4, 0.5) is 5.69 Å². The number of hydrogen-bond acceptors (Lipinski definition) is 7. The van der Waals surface area contributed by atoms with Crippen molar-refractivity contribution in [2.24, 2.45) is 0 Å². The van der Waals surface area contributed by atoms with Crippen LogP contribution in [0.5, 0.6) is 5.75 Å². The molecule has 0 saturated carbocycles. The van der Waals surface area contributed by atoms with Gasteiger partial charge >= 0.3 is 11.8 Å².